The highest BCUT2D eigenvalue weighted by Crippen LogP contribution is 2.33. The maximum atomic E-state index is 13.6. The molecule has 198 valence electrons. The molecule has 0 aliphatic rings. The molecular formula is C25H34BrN3O6S. The van der Waals surface area contributed by atoms with Gasteiger partial charge in [-0.25, -0.2) is 8.42 Å². The quantitative estimate of drug-likeness (QED) is 0.409. The Kier molecular flexibility index (Phi) is 10.6. The monoisotopic (exact) mass is 583 g/mol. The van der Waals surface area contributed by atoms with Crippen LogP contribution in [-0.2, 0) is 26.2 Å². The fraction of sp³-hybridized carbons (Fsp3) is 0.440. The molecule has 2 rings (SSSR count). The molecule has 0 saturated carbocycles. The summed E-state index contributed by atoms with van der Waals surface area (Å²) in [6.07, 6.45) is 1.75. The molecular weight excluding hydrogens is 550 g/mol. The molecule has 2 amide bonds. The summed E-state index contributed by atoms with van der Waals surface area (Å²) in [7, 11) is -1.00. The summed E-state index contributed by atoms with van der Waals surface area (Å²) in [5, 5.41) is 2.90. The van der Waals surface area contributed by atoms with E-state index >= 15 is 0 Å². The van der Waals surface area contributed by atoms with Gasteiger partial charge in [0.05, 0.1) is 26.2 Å². The molecule has 0 saturated heterocycles. The highest BCUT2D eigenvalue weighted by molar-refractivity contribution is 9.10. The third-order valence-corrected chi connectivity index (χ3v) is 7.36. The number of hydrogen-bond acceptors (Lipinski definition) is 6. The molecule has 9 nitrogen and oxygen atoms in total. The van der Waals surface area contributed by atoms with Gasteiger partial charge < -0.3 is 19.7 Å². The van der Waals surface area contributed by atoms with Gasteiger partial charge in [-0.3, -0.25) is 13.9 Å². The van der Waals surface area contributed by atoms with Crippen LogP contribution in [0, 0.1) is 0 Å². The first-order chi connectivity index (χ1) is 16.9. The Balaban J connectivity index is 2.46. The van der Waals surface area contributed by atoms with E-state index in [1.54, 1.807) is 19.1 Å². The normalized spacial score (nSPS) is 12.9. The predicted octanol–water partition coefficient (Wildman–Crippen LogP) is 3.56. The highest BCUT2D eigenvalue weighted by Gasteiger charge is 2.31. The lowest BCUT2D eigenvalue weighted by atomic mass is 10.1. The van der Waals surface area contributed by atoms with Gasteiger partial charge in [0.15, 0.2) is 0 Å². The Morgan fingerprint density at radius 3 is 2.33 bits per heavy atom. The highest BCUT2D eigenvalue weighted by atomic mass is 79.9. The van der Waals surface area contributed by atoms with Crippen molar-refractivity contribution in [2.75, 3.05) is 31.3 Å². The molecule has 0 radical (unpaired) electrons. The van der Waals surface area contributed by atoms with Crippen LogP contribution in [0.15, 0.2) is 46.9 Å². The van der Waals surface area contributed by atoms with Crippen molar-refractivity contribution >= 4 is 43.5 Å². The van der Waals surface area contributed by atoms with E-state index in [0.717, 1.165) is 27.0 Å². The van der Waals surface area contributed by atoms with Crippen LogP contribution in [0.5, 0.6) is 11.5 Å². The van der Waals surface area contributed by atoms with E-state index in [2.05, 4.69) is 21.2 Å². The van der Waals surface area contributed by atoms with Crippen LogP contribution < -0.4 is 19.1 Å². The number of methoxy groups -OCH3 is 2. The van der Waals surface area contributed by atoms with E-state index in [1.165, 1.54) is 25.2 Å². The zero-order chi connectivity index (χ0) is 27.0. The Morgan fingerprint density at radius 1 is 1.08 bits per heavy atom. The summed E-state index contributed by atoms with van der Waals surface area (Å²) >= 11 is 3.43. The summed E-state index contributed by atoms with van der Waals surface area (Å²) in [5.74, 6) is -0.152. The van der Waals surface area contributed by atoms with Crippen molar-refractivity contribution in [1.82, 2.24) is 10.2 Å². The number of nitrogens with zero attached hydrogens (tertiary/aromatic N) is 2. The van der Waals surface area contributed by atoms with Gasteiger partial charge in [0, 0.05) is 23.1 Å². The first-order valence-corrected chi connectivity index (χ1v) is 14.1. The molecule has 2 aromatic rings. The smallest absolute Gasteiger partial charge is 0.244 e. The Morgan fingerprint density at radius 2 is 1.78 bits per heavy atom. The van der Waals surface area contributed by atoms with Gasteiger partial charge in [-0.1, -0.05) is 35.0 Å². The lowest BCUT2D eigenvalue weighted by molar-refractivity contribution is -0.139. The molecule has 36 heavy (non-hydrogen) atoms. The van der Waals surface area contributed by atoms with Gasteiger partial charge in [0.1, 0.15) is 24.1 Å². The maximum absolute atomic E-state index is 13.6. The number of sulfonamides is 1. The van der Waals surface area contributed by atoms with Crippen molar-refractivity contribution in [3.8, 4) is 11.5 Å². The molecule has 0 aliphatic heterocycles. The molecule has 2 aromatic carbocycles. The Labute approximate surface area is 221 Å². The number of ether oxygens (including phenoxy) is 2. The zero-order valence-electron chi connectivity index (χ0n) is 21.4. The number of halogens is 1. The van der Waals surface area contributed by atoms with E-state index in [9.17, 15) is 18.0 Å². The fourth-order valence-electron chi connectivity index (χ4n) is 3.47. The number of carbonyl (C=O) groups excluding carboxylic acids is 2. The molecule has 0 bridgehead atoms. The van der Waals surface area contributed by atoms with E-state index in [4.69, 9.17) is 9.47 Å². The van der Waals surface area contributed by atoms with Gasteiger partial charge in [-0.05, 0) is 50.1 Å². The third-order valence-electron chi connectivity index (χ3n) is 5.75. The molecule has 0 fully saturated rings. The summed E-state index contributed by atoms with van der Waals surface area (Å²) in [4.78, 5) is 28.0. The summed E-state index contributed by atoms with van der Waals surface area (Å²) in [5.41, 5.74) is 0.974. The van der Waals surface area contributed by atoms with Crippen LogP contribution in [0.2, 0.25) is 0 Å². The van der Waals surface area contributed by atoms with Crippen LogP contribution in [0.4, 0.5) is 5.69 Å². The molecule has 0 heterocycles. The fourth-order valence-corrected chi connectivity index (χ4v) is 4.77. The predicted molar refractivity (Wildman–Crippen MR) is 144 cm³/mol. The van der Waals surface area contributed by atoms with E-state index < -0.39 is 28.5 Å². The van der Waals surface area contributed by atoms with E-state index in [1.807, 2.05) is 38.1 Å². The van der Waals surface area contributed by atoms with Crippen LogP contribution in [0.25, 0.3) is 0 Å². The topological polar surface area (TPSA) is 105 Å². The number of benzene rings is 2. The van der Waals surface area contributed by atoms with Crippen molar-refractivity contribution in [1.29, 1.82) is 0 Å². The van der Waals surface area contributed by atoms with Gasteiger partial charge in [0.25, 0.3) is 0 Å². The van der Waals surface area contributed by atoms with Crippen LogP contribution >= 0.6 is 15.9 Å². The lowest BCUT2D eigenvalue weighted by Crippen LogP contribution is -2.52. The van der Waals surface area contributed by atoms with Crippen molar-refractivity contribution in [2.45, 2.75) is 45.8 Å². The second-order valence-corrected chi connectivity index (χ2v) is 11.3. The molecule has 2 atom stereocenters. The summed E-state index contributed by atoms with van der Waals surface area (Å²) in [6.45, 7) is 5.06. The van der Waals surface area contributed by atoms with Crippen molar-refractivity contribution < 1.29 is 27.5 Å². The minimum atomic E-state index is -3.89. The number of nitrogens with one attached hydrogen (secondary N) is 1. The van der Waals surface area contributed by atoms with Crippen LogP contribution in [0.3, 0.4) is 0 Å². The SMILES string of the molecule is CC[C@@H](C)NC(=O)[C@@H](C)N(Cc1cccc(Br)c1)C(=O)CN(c1ccc(OC)cc1OC)S(C)(=O)=O. The average Bonchev–Trinajstić information content (AvgIpc) is 2.84. The summed E-state index contributed by atoms with van der Waals surface area (Å²) < 4.78 is 37.9. The second kappa shape index (κ2) is 13.0. The average molecular weight is 585 g/mol. The minimum Gasteiger partial charge on any atom is -0.497 e. The number of amides is 2. The Hall–Kier alpha value is -2.79. The molecule has 0 spiro atoms. The zero-order valence-corrected chi connectivity index (χ0v) is 23.9. The van der Waals surface area contributed by atoms with E-state index in [0.29, 0.717) is 5.75 Å². The maximum Gasteiger partial charge on any atom is 0.244 e. The van der Waals surface area contributed by atoms with E-state index in [-0.39, 0.29) is 29.9 Å². The summed E-state index contributed by atoms with van der Waals surface area (Å²) in [6, 6.07) is 11.1. The minimum absolute atomic E-state index is 0.0705. The van der Waals surface area contributed by atoms with Crippen LogP contribution in [-0.4, -0.2) is 64.2 Å². The van der Waals surface area contributed by atoms with Crippen molar-refractivity contribution in [2.24, 2.45) is 0 Å². The first kappa shape index (κ1) is 29.4. The molecule has 1 N–H and O–H groups in total. The molecule has 0 unspecified atom stereocenters. The van der Waals surface area contributed by atoms with Crippen molar-refractivity contribution in [3.05, 3.63) is 52.5 Å². The first-order valence-electron chi connectivity index (χ1n) is 11.4. The third kappa shape index (κ3) is 7.86. The molecule has 11 heteroatoms. The Bertz CT molecular complexity index is 1170. The largest absolute Gasteiger partial charge is 0.497 e. The lowest BCUT2D eigenvalue weighted by Gasteiger charge is -2.32. The number of hydrogen-bond donors (Lipinski definition) is 1. The number of carbonyl (C=O) groups is 2. The second-order valence-electron chi connectivity index (χ2n) is 8.45. The molecule has 0 aromatic heterocycles. The van der Waals surface area contributed by atoms with Gasteiger partial charge in [-0.15, -0.1) is 0 Å². The van der Waals surface area contributed by atoms with Crippen LogP contribution in [0.1, 0.15) is 32.8 Å². The van der Waals surface area contributed by atoms with Gasteiger partial charge >= 0.3 is 0 Å². The van der Waals surface area contributed by atoms with Crippen molar-refractivity contribution in [3.63, 3.8) is 0 Å². The van der Waals surface area contributed by atoms with Gasteiger partial charge in [0.2, 0.25) is 21.8 Å². The number of rotatable bonds is 12. The molecule has 0 aliphatic carbocycles. The number of anilines is 1. The van der Waals surface area contributed by atoms with Gasteiger partial charge in [-0.2, -0.15) is 0 Å². The standard InChI is InChI=1S/C25H34BrN3O6S/c1-7-17(2)27-25(31)18(3)28(15-19-9-8-10-20(26)13-19)24(30)16-29(36(6,32)33)22-12-11-21(34-4)14-23(22)35-5/h8-14,17-18H,7,15-16H2,1-6H3,(H,27,31)/t17-,18-/m1/s1.